The lowest BCUT2D eigenvalue weighted by Gasteiger charge is -2.05. The van der Waals surface area contributed by atoms with Gasteiger partial charge in [-0.3, -0.25) is 10.1 Å². The summed E-state index contributed by atoms with van der Waals surface area (Å²) < 4.78 is 2.00. The van der Waals surface area contributed by atoms with Crippen molar-refractivity contribution >= 4 is 28.6 Å². The molecule has 3 heterocycles. The third-order valence-electron chi connectivity index (χ3n) is 4.08. The highest BCUT2D eigenvalue weighted by Gasteiger charge is 2.23. The van der Waals surface area contributed by atoms with Crippen molar-refractivity contribution in [1.82, 2.24) is 14.4 Å². The molecule has 24 heavy (non-hydrogen) atoms. The molecule has 0 radical (unpaired) electrons. The SMILES string of the molecule is O=[N+]([O-])c1cnc(Cl)cc1NCc1cn2cc(C3CC3)ccc2n1. The van der Waals surface area contributed by atoms with Gasteiger partial charge in [0.05, 0.1) is 17.2 Å². The monoisotopic (exact) mass is 343 g/mol. The fraction of sp³-hybridized carbons (Fsp3) is 0.250. The van der Waals surface area contributed by atoms with E-state index >= 15 is 0 Å². The van der Waals surface area contributed by atoms with Gasteiger partial charge in [0.2, 0.25) is 0 Å². The molecule has 7 nitrogen and oxygen atoms in total. The van der Waals surface area contributed by atoms with Gasteiger partial charge in [0, 0.05) is 18.5 Å². The molecule has 0 spiro atoms. The Labute approximate surface area is 142 Å². The van der Waals surface area contributed by atoms with E-state index in [1.165, 1.54) is 24.5 Å². The molecule has 0 saturated heterocycles. The van der Waals surface area contributed by atoms with E-state index < -0.39 is 4.92 Å². The van der Waals surface area contributed by atoms with Crippen LogP contribution in [0.2, 0.25) is 5.15 Å². The minimum Gasteiger partial charge on any atom is -0.374 e. The number of fused-ring (bicyclic) bond motifs is 1. The maximum atomic E-state index is 11.1. The van der Waals surface area contributed by atoms with Crippen molar-refractivity contribution in [1.29, 1.82) is 0 Å². The van der Waals surface area contributed by atoms with Crippen LogP contribution in [0.15, 0.2) is 36.8 Å². The van der Waals surface area contributed by atoms with Crippen molar-refractivity contribution in [2.45, 2.75) is 25.3 Å². The van der Waals surface area contributed by atoms with Gasteiger partial charge >= 0.3 is 5.69 Å². The predicted octanol–water partition coefficient (Wildman–Crippen LogP) is 3.78. The van der Waals surface area contributed by atoms with Crippen molar-refractivity contribution in [2.24, 2.45) is 0 Å². The summed E-state index contributed by atoms with van der Waals surface area (Å²) in [7, 11) is 0. The summed E-state index contributed by atoms with van der Waals surface area (Å²) in [6.07, 6.45) is 7.69. The van der Waals surface area contributed by atoms with Crippen molar-refractivity contribution in [3.63, 3.8) is 0 Å². The van der Waals surface area contributed by atoms with E-state index in [9.17, 15) is 10.1 Å². The van der Waals surface area contributed by atoms with Crippen LogP contribution in [-0.4, -0.2) is 19.3 Å². The zero-order valence-electron chi connectivity index (χ0n) is 12.6. The number of nitrogens with one attached hydrogen (secondary N) is 1. The number of hydrogen-bond donors (Lipinski definition) is 1. The average molecular weight is 344 g/mol. The Morgan fingerprint density at radius 2 is 2.21 bits per heavy atom. The highest BCUT2D eigenvalue weighted by molar-refractivity contribution is 6.29. The molecule has 8 heteroatoms. The first kappa shape index (κ1) is 14.9. The molecule has 0 unspecified atom stereocenters. The maximum absolute atomic E-state index is 11.1. The van der Waals surface area contributed by atoms with Crippen LogP contribution in [0, 0.1) is 10.1 Å². The lowest BCUT2D eigenvalue weighted by Crippen LogP contribution is -2.03. The minimum atomic E-state index is -0.489. The number of halogens is 1. The molecule has 1 N–H and O–H groups in total. The summed E-state index contributed by atoms with van der Waals surface area (Å²) in [5.41, 5.74) is 3.20. The summed E-state index contributed by atoms with van der Waals surface area (Å²) in [4.78, 5) is 18.8. The fourth-order valence-corrected chi connectivity index (χ4v) is 2.86. The van der Waals surface area contributed by atoms with Crippen LogP contribution in [0.25, 0.3) is 5.65 Å². The lowest BCUT2D eigenvalue weighted by molar-refractivity contribution is -0.384. The molecule has 0 bridgehead atoms. The van der Waals surface area contributed by atoms with Crippen molar-refractivity contribution in [3.8, 4) is 0 Å². The predicted molar refractivity (Wildman–Crippen MR) is 90.4 cm³/mol. The lowest BCUT2D eigenvalue weighted by atomic mass is 10.2. The smallest absolute Gasteiger partial charge is 0.310 e. The summed E-state index contributed by atoms with van der Waals surface area (Å²) in [6.45, 7) is 0.363. The fourth-order valence-electron chi connectivity index (χ4n) is 2.70. The Bertz CT molecular complexity index is 935. The first-order valence-corrected chi connectivity index (χ1v) is 7.99. The number of hydrogen-bond acceptors (Lipinski definition) is 5. The highest BCUT2D eigenvalue weighted by atomic mass is 35.5. The zero-order valence-corrected chi connectivity index (χ0v) is 13.4. The van der Waals surface area contributed by atoms with Crippen LogP contribution in [0.5, 0.6) is 0 Å². The quantitative estimate of drug-likeness (QED) is 0.433. The number of imidazole rings is 1. The third-order valence-corrected chi connectivity index (χ3v) is 4.29. The summed E-state index contributed by atoms with van der Waals surface area (Å²) >= 11 is 5.83. The van der Waals surface area contributed by atoms with Gasteiger partial charge in [-0.15, -0.1) is 0 Å². The molecule has 1 fully saturated rings. The van der Waals surface area contributed by atoms with E-state index in [4.69, 9.17) is 11.6 Å². The topological polar surface area (TPSA) is 85.4 Å². The molecule has 0 aliphatic heterocycles. The van der Waals surface area contributed by atoms with Gasteiger partial charge in [-0.25, -0.2) is 9.97 Å². The number of rotatable bonds is 5. The maximum Gasteiger partial charge on any atom is 0.310 e. The zero-order chi connectivity index (χ0) is 16.7. The van der Waals surface area contributed by atoms with E-state index in [1.807, 2.05) is 16.7 Å². The molecule has 122 valence electrons. The van der Waals surface area contributed by atoms with Gasteiger partial charge in [0.25, 0.3) is 0 Å². The van der Waals surface area contributed by atoms with Crippen LogP contribution >= 0.6 is 11.6 Å². The van der Waals surface area contributed by atoms with E-state index in [2.05, 4.69) is 27.5 Å². The third kappa shape index (κ3) is 2.90. The highest BCUT2D eigenvalue weighted by Crippen LogP contribution is 2.39. The Hall–Kier alpha value is -2.67. The van der Waals surface area contributed by atoms with Crippen LogP contribution in [0.3, 0.4) is 0 Å². The first-order valence-electron chi connectivity index (χ1n) is 7.61. The van der Waals surface area contributed by atoms with Crippen LogP contribution in [0.4, 0.5) is 11.4 Å². The van der Waals surface area contributed by atoms with Crippen molar-refractivity contribution < 1.29 is 4.92 Å². The normalized spacial score (nSPS) is 14.0. The van der Waals surface area contributed by atoms with Gasteiger partial charge in [-0.2, -0.15) is 0 Å². The molecule has 3 aromatic rings. The Morgan fingerprint density at radius 3 is 2.96 bits per heavy atom. The van der Waals surface area contributed by atoms with Gasteiger partial charge in [0.15, 0.2) is 0 Å². The summed E-state index contributed by atoms with van der Waals surface area (Å²) in [5, 5.41) is 14.3. The molecular weight excluding hydrogens is 330 g/mol. The molecule has 1 aliphatic carbocycles. The Morgan fingerprint density at radius 1 is 1.38 bits per heavy atom. The molecule has 4 rings (SSSR count). The van der Waals surface area contributed by atoms with Gasteiger partial charge in [0.1, 0.15) is 22.7 Å². The van der Waals surface area contributed by atoms with E-state index in [0.29, 0.717) is 18.2 Å². The molecule has 0 amide bonds. The molecular formula is C16H14ClN5O2. The largest absolute Gasteiger partial charge is 0.374 e. The number of aromatic nitrogens is 3. The second kappa shape index (κ2) is 5.76. The van der Waals surface area contributed by atoms with E-state index in [-0.39, 0.29) is 10.8 Å². The standard InChI is InChI=1S/C16H14ClN5O2/c17-15-5-13(14(7-19-15)22(23)24)18-6-12-9-21-8-11(10-1-2-10)3-4-16(21)20-12/h3-5,7-10H,1-2,6H2,(H,18,19). The number of pyridine rings is 2. The van der Waals surface area contributed by atoms with E-state index in [0.717, 1.165) is 17.5 Å². The van der Waals surface area contributed by atoms with Crippen LogP contribution in [-0.2, 0) is 6.54 Å². The van der Waals surface area contributed by atoms with Crippen LogP contribution < -0.4 is 5.32 Å². The number of nitro groups is 1. The summed E-state index contributed by atoms with van der Waals surface area (Å²) in [5.74, 6) is 0.681. The summed E-state index contributed by atoms with van der Waals surface area (Å²) in [6, 6.07) is 5.56. The number of anilines is 1. The average Bonchev–Trinajstić information content (AvgIpc) is 3.32. The van der Waals surface area contributed by atoms with Crippen LogP contribution in [0.1, 0.15) is 30.0 Å². The minimum absolute atomic E-state index is 0.112. The van der Waals surface area contributed by atoms with Gasteiger partial charge < -0.3 is 9.72 Å². The Kier molecular flexibility index (Phi) is 3.57. The van der Waals surface area contributed by atoms with Gasteiger partial charge in [-0.1, -0.05) is 17.7 Å². The Balaban J connectivity index is 1.56. The van der Waals surface area contributed by atoms with Crippen molar-refractivity contribution in [2.75, 3.05) is 5.32 Å². The molecule has 1 saturated carbocycles. The second-order valence-electron chi connectivity index (χ2n) is 5.87. The molecule has 0 atom stereocenters. The number of nitrogens with zero attached hydrogens (tertiary/aromatic N) is 4. The van der Waals surface area contributed by atoms with E-state index in [1.54, 1.807) is 0 Å². The second-order valence-corrected chi connectivity index (χ2v) is 6.26. The first-order chi connectivity index (χ1) is 11.6. The van der Waals surface area contributed by atoms with Gasteiger partial charge in [-0.05, 0) is 30.4 Å². The van der Waals surface area contributed by atoms with Crippen molar-refractivity contribution in [3.05, 3.63) is 63.3 Å². The molecule has 0 aromatic carbocycles. The molecule has 1 aliphatic rings. The molecule has 3 aromatic heterocycles.